The van der Waals surface area contributed by atoms with Gasteiger partial charge in [-0.15, -0.1) is 0 Å². The number of benzene rings is 1. The number of hydrogen-bond donors (Lipinski definition) is 1. The average molecular weight is 312 g/mol. The number of piperidine rings is 1. The maximum atomic E-state index is 12.1. The van der Waals surface area contributed by atoms with Crippen LogP contribution in [0.1, 0.15) is 19.8 Å². The minimum absolute atomic E-state index is 0.141. The molecule has 0 aromatic heterocycles. The van der Waals surface area contributed by atoms with Crippen molar-refractivity contribution in [2.75, 3.05) is 25.0 Å². The average Bonchev–Trinajstić information content (AvgIpc) is 2.38. The summed E-state index contributed by atoms with van der Waals surface area (Å²) in [5.74, 6) is 0.321. The highest BCUT2D eigenvalue weighted by Crippen LogP contribution is 2.27. The van der Waals surface area contributed by atoms with E-state index in [1.807, 2.05) is 0 Å². The van der Waals surface area contributed by atoms with Crippen LogP contribution in [-0.4, -0.2) is 35.4 Å². The molecular weight excluding hydrogens is 294 g/mol. The second-order valence-electron chi connectivity index (χ2n) is 5.45. The van der Waals surface area contributed by atoms with Crippen molar-refractivity contribution in [3.05, 3.63) is 33.3 Å². The van der Waals surface area contributed by atoms with Gasteiger partial charge in [0.15, 0.2) is 0 Å². The number of hydrogen-bond acceptors (Lipinski definition) is 4. The summed E-state index contributed by atoms with van der Waals surface area (Å²) in [6.45, 7) is 4.17. The molecule has 1 saturated heterocycles. The zero-order valence-corrected chi connectivity index (χ0v) is 12.6. The molecule has 21 heavy (non-hydrogen) atoms. The lowest BCUT2D eigenvalue weighted by Gasteiger charge is -2.30. The fraction of sp³-hybridized carbons (Fsp3) is 0.500. The van der Waals surface area contributed by atoms with Crippen LogP contribution in [0.3, 0.4) is 0 Å². The highest BCUT2D eigenvalue weighted by Gasteiger charge is 2.21. The molecule has 1 aliphatic heterocycles. The molecule has 6 nitrogen and oxygen atoms in total. The number of amides is 1. The van der Waals surface area contributed by atoms with Gasteiger partial charge in [0, 0.05) is 17.6 Å². The van der Waals surface area contributed by atoms with Crippen molar-refractivity contribution in [2.45, 2.75) is 19.8 Å². The van der Waals surface area contributed by atoms with Gasteiger partial charge in [0.05, 0.1) is 11.5 Å². The maximum absolute atomic E-state index is 12.1. The number of nitro benzene ring substituents is 1. The Labute approximate surface area is 128 Å². The molecule has 0 radical (unpaired) electrons. The molecule has 1 atom stereocenters. The van der Waals surface area contributed by atoms with E-state index >= 15 is 0 Å². The van der Waals surface area contributed by atoms with E-state index in [2.05, 4.69) is 17.1 Å². The molecule has 0 spiro atoms. The zero-order valence-electron chi connectivity index (χ0n) is 11.8. The van der Waals surface area contributed by atoms with Crippen LogP contribution in [0.2, 0.25) is 5.02 Å². The van der Waals surface area contributed by atoms with Crippen LogP contribution < -0.4 is 5.32 Å². The second kappa shape index (κ2) is 6.87. The fourth-order valence-electron chi connectivity index (χ4n) is 2.59. The first-order valence-corrected chi connectivity index (χ1v) is 7.29. The third kappa shape index (κ3) is 4.41. The van der Waals surface area contributed by atoms with Gasteiger partial charge in [-0.1, -0.05) is 18.5 Å². The predicted molar refractivity (Wildman–Crippen MR) is 81.6 cm³/mol. The monoisotopic (exact) mass is 311 g/mol. The number of likely N-dealkylation sites (tertiary alicyclic amines) is 1. The standard InChI is InChI=1S/C14H18ClN3O3/c1-10-3-2-6-17(8-10)9-14(19)16-12-7-11(15)4-5-13(12)18(20)21/h4-5,7,10H,2-3,6,8-9H2,1H3,(H,16,19)/t10-/m0/s1. The van der Waals surface area contributed by atoms with Crippen molar-refractivity contribution >= 4 is 28.9 Å². The normalized spacial score (nSPS) is 19.2. The Balaban J connectivity index is 2.02. The van der Waals surface area contributed by atoms with Gasteiger partial charge in [-0.3, -0.25) is 19.8 Å². The van der Waals surface area contributed by atoms with E-state index in [-0.39, 0.29) is 23.8 Å². The van der Waals surface area contributed by atoms with Gasteiger partial charge in [-0.2, -0.15) is 0 Å². The summed E-state index contributed by atoms with van der Waals surface area (Å²) >= 11 is 5.83. The molecule has 1 amide bonds. The Bertz CT molecular complexity index is 550. The molecule has 2 rings (SSSR count). The third-order valence-electron chi connectivity index (χ3n) is 3.54. The SMILES string of the molecule is C[C@H]1CCCN(CC(=O)Nc2cc(Cl)ccc2[N+](=O)[O-])C1. The molecular formula is C14H18ClN3O3. The van der Waals surface area contributed by atoms with E-state index < -0.39 is 4.92 Å². The van der Waals surface area contributed by atoms with Crippen molar-refractivity contribution in [2.24, 2.45) is 5.92 Å². The Hall–Kier alpha value is -1.66. The summed E-state index contributed by atoms with van der Waals surface area (Å²) < 4.78 is 0. The van der Waals surface area contributed by atoms with Gasteiger partial charge in [-0.25, -0.2) is 0 Å². The summed E-state index contributed by atoms with van der Waals surface area (Å²) in [5, 5.41) is 13.9. The Kier molecular flexibility index (Phi) is 5.14. The number of carbonyl (C=O) groups is 1. The second-order valence-corrected chi connectivity index (χ2v) is 5.89. The molecule has 0 saturated carbocycles. The van der Waals surface area contributed by atoms with E-state index in [0.717, 1.165) is 19.5 Å². The molecule has 1 aromatic carbocycles. The Morgan fingerprint density at radius 1 is 1.57 bits per heavy atom. The van der Waals surface area contributed by atoms with Gasteiger partial charge in [0.25, 0.3) is 5.69 Å². The van der Waals surface area contributed by atoms with Crippen LogP contribution in [-0.2, 0) is 4.79 Å². The molecule has 7 heteroatoms. The third-order valence-corrected chi connectivity index (χ3v) is 3.77. The molecule has 0 bridgehead atoms. The minimum Gasteiger partial charge on any atom is -0.319 e. The summed E-state index contributed by atoms with van der Waals surface area (Å²) in [7, 11) is 0. The first-order chi connectivity index (χ1) is 9.95. The van der Waals surface area contributed by atoms with E-state index in [1.165, 1.54) is 24.6 Å². The number of nitrogens with zero attached hydrogens (tertiary/aromatic N) is 2. The summed E-state index contributed by atoms with van der Waals surface area (Å²) in [4.78, 5) is 24.5. The van der Waals surface area contributed by atoms with Crippen molar-refractivity contribution in [1.29, 1.82) is 0 Å². The van der Waals surface area contributed by atoms with Gasteiger partial charge < -0.3 is 5.32 Å². The smallest absolute Gasteiger partial charge is 0.292 e. The summed E-state index contributed by atoms with van der Waals surface area (Å²) in [6, 6.07) is 4.12. The van der Waals surface area contributed by atoms with Crippen molar-refractivity contribution in [3.8, 4) is 0 Å². The molecule has 1 N–H and O–H groups in total. The van der Waals surface area contributed by atoms with Gasteiger partial charge in [-0.05, 0) is 37.4 Å². The fourth-order valence-corrected chi connectivity index (χ4v) is 2.76. The van der Waals surface area contributed by atoms with E-state index in [0.29, 0.717) is 10.9 Å². The minimum atomic E-state index is -0.533. The lowest BCUT2D eigenvalue weighted by atomic mass is 10.0. The number of halogens is 1. The van der Waals surface area contributed by atoms with Crippen molar-refractivity contribution < 1.29 is 9.72 Å². The molecule has 1 heterocycles. The topological polar surface area (TPSA) is 75.5 Å². The van der Waals surface area contributed by atoms with E-state index in [1.54, 1.807) is 0 Å². The largest absolute Gasteiger partial charge is 0.319 e. The molecule has 1 aliphatic rings. The van der Waals surface area contributed by atoms with Gasteiger partial charge in [0.1, 0.15) is 5.69 Å². The maximum Gasteiger partial charge on any atom is 0.292 e. The summed E-state index contributed by atoms with van der Waals surface area (Å²) in [6.07, 6.45) is 2.25. The highest BCUT2D eigenvalue weighted by molar-refractivity contribution is 6.31. The Morgan fingerprint density at radius 2 is 2.33 bits per heavy atom. The first-order valence-electron chi connectivity index (χ1n) is 6.92. The van der Waals surface area contributed by atoms with Crippen LogP contribution in [0.15, 0.2) is 18.2 Å². The van der Waals surface area contributed by atoms with Crippen LogP contribution in [0.25, 0.3) is 0 Å². The van der Waals surface area contributed by atoms with Crippen LogP contribution >= 0.6 is 11.6 Å². The van der Waals surface area contributed by atoms with Gasteiger partial charge in [0.2, 0.25) is 5.91 Å². The molecule has 0 aliphatic carbocycles. The van der Waals surface area contributed by atoms with Crippen LogP contribution in [0, 0.1) is 16.0 Å². The number of nitro groups is 1. The number of nitrogens with one attached hydrogen (secondary N) is 1. The Morgan fingerprint density at radius 3 is 3.00 bits per heavy atom. The van der Waals surface area contributed by atoms with E-state index in [4.69, 9.17) is 11.6 Å². The number of rotatable bonds is 4. The lowest BCUT2D eigenvalue weighted by Crippen LogP contribution is -2.39. The zero-order chi connectivity index (χ0) is 15.4. The van der Waals surface area contributed by atoms with Crippen LogP contribution in [0.4, 0.5) is 11.4 Å². The number of anilines is 1. The molecule has 0 unspecified atom stereocenters. The first kappa shape index (κ1) is 15.7. The van der Waals surface area contributed by atoms with Crippen molar-refractivity contribution in [3.63, 3.8) is 0 Å². The molecule has 1 aromatic rings. The molecule has 1 fully saturated rings. The number of carbonyl (C=O) groups excluding carboxylic acids is 1. The molecule has 114 valence electrons. The van der Waals surface area contributed by atoms with Crippen molar-refractivity contribution in [1.82, 2.24) is 4.90 Å². The van der Waals surface area contributed by atoms with Gasteiger partial charge >= 0.3 is 0 Å². The van der Waals surface area contributed by atoms with Crippen LogP contribution in [0.5, 0.6) is 0 Å². The summed E-state index contributed by atoms with van der Waals surface area (Å²) in [5.41, 5.74) is -0.0117. The lowest BCUT2D eigenvalue weighted by molar-refractivity contribution is -0.383. The highest BCUT2D eigenvalue weighted by atomic mass is 35.5. The quantitative estimate of drug-likeness (QED) is 0.685. The van der Waals surface area contributed by atoms with E-state index in [9.17, 15) is 14.9 Å². The predicted octanol–water partition coefficient (Wildman–Crippen LogP) is 2.92.